The Hall–Kier alpha value is -0.120. The fraction of sp³-hybridized carbons (Fsp3) is 1.00. The Bertz CT molecular complexity index is 229. The van der Waals surface area contributed by atoms with E-state index in [4.69, 9.17) is 4.74 Å². The molecule has 1 aliphatic rings. The van der Waals surface area contributed by atoms with Gasteiger partial charge in [0.1, 0.15) is 0 Å². The third kappa shape index (κ3) is 5.68. The van der Waals surface area contributed by atoms with Gasteiger partial charge in [-0.2, -0.15) is 0 Å². The second-order valence-electron chi connectivity index (χ2n) is 6.95. The third-order valence-electron chi connectivity index (χ3n) is 3.76. The molecule has 1 heterocycles. The number of hydrogen-bond acceptors (Lipinski definition) is 3. The maximum atomic E-state index is 5.55. The quantitative estimate of drug-likeness (QED) is 0.790. The molecule has 1 fully saturated rings. The summed E-state index contributed by atoms with van der Waals surface area (Å²) in [6, 6.07) is 0. The zero-order valence-corrected chi connectivity index (χ0v) is 13.0. The monoisotopic (exact) mass is 256 g/mol. The van der Waals surface area contributed by atoms with E-state index in [2.05, 4.69) is 45.0 Å². The SMILES string of the molecule is CCCN(C)CC1(CNC(C)(C)C)CCOCC1. The van der Waals surface area contributed by atoms with E-state index in [1.165, 1.54) is 32.4 Å². The van der Waals surface area contributed by atoms with Crippen molar-refractivity contribution in [3.8, 4) is 0 Å². The van der Waals surface area contributed by atoms with Crippen molar-refractivity contribution in [3.63, 3.8) is 0 Å². The van der Waals surface area contributed by atoms with E-state index in [0.717, 1.165) is 19.8 Å². The molecule has 1 saturated heterocycles. The molecular formula is C15H32N2O. The number of nitrogens with zero attached hydrogens (tertiary/aromatic N) is 1. The average Bonchev–Trinajstić information content (AvgIpc) is 2.27. The van der Waals surface area contributed by atoms with Crippen LogP contribution in [0.2, 0.25) is 0 Å². The molecule has 108 valence electrons. The lowest BCUT2D eigenvalue weighted by Gasteiger charge is -2.42. The summed E-state index contributed by atoms with van der Waals surface area (Å²) < 4.78 is 5.55. The van der Waals surface area contributed by atoms with Crippen LogP contribution in [-0.4, -0.2) is 50.3 Å². The van der Waals surface area contributed by atoms with Gasteiger partial charge in [-0.3, -0.25) is 0 Å². The van der Waals surface area contributed by atoms with Crippen LogP contribution in [0, 0.1) is 5.41 Å². The Morgan fingerprint density at radius 2 is 1.83 bits per heavy atom. The summed E-state index contributed by atoms with van der Waals surface area (Å²) in [5.74, 6) is 0. The van der Waals surface area contributed by atoms with Crippen LogP contribution >= 0.6 is 0 Å². The van der Waals surface area contributed by atoms with Crippen molar-refractivity contribution in [2.45, 2.75) is 52.5 Å². The minimum Gasteiger partial charge on any atom is -0.381 e. The first-order valence-corrected chi connectivity index (χ1v) is 7.38. The van der Waals surface area contributed by atoms with E-state index in [-0.39, 0.29) is 5.54 Å². The molecule has 1 aliphatic heterocycles. The van der Waals surface area contributed by atoms with E-state index in [9.17, 15) is 0 Å². The molecule has 0 bridgehead atoms. The smallest absolute Gasteiger partial charge is 0.0472 e. The fourth-order valence-corrected chi connectivity index (χ4v) is 2.68. The first-order valence-electron chi connectivity index (χ1n) is 7.38. The molecule has 0 spiro atoms. The maximum absolute atomic E-state index is 5.55. The van der Waals surface area contributed by atoms with Gasteiger partial charge < -0.3 is 15.0 Å². The Labute approximate surface area is 113 Å². The first-order chi connectivity index (χ1) is 8.37. The summed E-state index contributed by atoms with van der Waals surface area (Å²) >= 11 is 0. The predicted molar refractivity (Wildman–Crippen MR) is 78.0 cm³/mol. The van der Waals surface area contributed by atoms with Crippen molar-refractivity contribution >= 4 is 0 Å². The Kier molecular flexibility index (Phi) is 6.09. The van der Waals surface area contributed by atoms with Gasteiger partial charge in [-0.05, 0) is 59.0 Å². The molecule has 0 aliphatic carbocycles. The lowest BCUT2D eigenvalue weighted by atomic mass is 9.79. The van der Waals surface area contributed by atoms with E-state index in [1.54, 1.807) is 0 Å². The van der Waals surface area contributed by atoms with Crippen molar-refractivity contribution in [1.82, 2.24) is 10.2 Å². The van der Waals surface area contributed by atoms with Gasteiger partial charge in [-0.1, -0.05) is 6.92 Å². The van der Waals surface area contributed by atoms with Crippen molar-refractivity contribution in [2.75, 3.05) is 39.9 Å². The molecule has 1 rings (SSSR count). The van der Waals surface area contributed by atoms with Crippen molar-refractivity contribution in [2.24, 2.45) is 5.41 Å². The van der Waals surface area contributed by atoms with Gasteiger partial charge in [0.05, 0.1) is 0 Å². The zero-order chi connectivity index (χ0) is 13.6. The van der Waals surface area contributed by atoms with Crippen LogP contribution in [0.1, 0.15) is 47.0 Å². The van der Waals surface area contributed by atoms with Gasteiger partial charge in [0.25, 0.3) is 0 Å². The van der Waals surface area contributed by atoms with Gasteiger partial charge in [0.2, 0.25) is 0 Å². The summed E-state index contributed by atoms with van der Waals surface area (Å²) in [5, 5.41) is 3.70. The van der Waals surface area contributed by atoms with Gasteiger partial charge in [-0.15, -0.1) is 0 Å². The standard InChI is InChI=1S/C15H32N2O/c1-6-9-17(5)13-15(7-10-18-11-8-15)12-16-14(2,3)4/h16H,6-13H2,1-5H3. The largest absolute Gasteiger partial charge is 0.381 e. The van der Waals surface area contributed by atoms with Crippen LogP contribution in [0.15, 0.2) is 0 Å². The number of nitrogens with one attached hydrogen (secondary N) is 1. The van der Waals surface area contributed by atoms with Crippen LogP contribution in [0.5, 0.6) is 0 Å². The predicted octanol–water partition coefficient (Wildman–Crippen LogP) is 2.51. The highest BCUT2D eigenvalue weighted by Crippen LogP contribution is 2.31. The normalized spacial score (nSPS) is 20.3. The van der Waals surface area contributed by atoms with E-state index < -0.39 is 0 Å². The van der Waals surface area contributed by atoms with E-state index in [0.29, 0.717) is 5.41 Å². The molecule has 3 nitrogen and oxygen atoms in total. The molecule has 18 heavy (non-hydrogen) atoms. The Balaban J connectivity index is 2.57. The van der Waals surface area contributed by atoms with Gasteiger partial charge in [-0.25, -0.2) is 0 Å². The molecule has 0 saturated carbocycles. The number of hydrogen-bond donors (Lipinski definition) is 1. The molecule has 0 radical (unpaired) electrons. The van der Waals surface area contributed by atoms with Crippen LogP contribution in [-0.2, 0) is 4.74 Å². The van der Waals surface area contributed by atoms with Crippen LogP contribution in [0.25, 0.3) is 0 Å². The highest BCUT2D eigenvalue weighted by atomic mass is 16.5. The molecule has 3 heteroatoms. The number of rotatable bonds is 6. The first kappa shape index (κ1) is 15.9. The van der Waals surface area contributed by atoms with Crippen molar-refractivity contribution in [3.05, 3.63) is 0 Å². The van der Waals surface area contributed by atoms with Crippen molar-refractivity contribution in [1.29, 1.82) is 0 Å². The molecule has 0 aromatic heterocycles. The van der Waals surface area contributed by atoms with Crippen LogP contribution in [0.4, 0.5) is 0 Å². The van der Waals surface area contributed by atoms with Gasteiger partial charge in [0, 0.05) is 31.8 Å². The van der Waals surface area contributed by atoms with Crippen LogP contribution in [0.3, 0.4) is 0 Å². The summed E-state index contributed by atoms with van der Waals surface area (Å²) in [6.07, 6.45) is 3.60. The van der Waals surface area contributed by atoms with Crippen LogP contribution < -0.4 is 5.32 Å². The molecule has 0 amide bonds. The zero-order valence-electron chi connectivity index (χ0n) is 13.0. The molecule has 0 aromatic rings. The Morgan fingerprint density at radius 3 is 2.33 bits per heavy atom. The molecule has 0 atom stereocenters. The van der Waals surface area contributed by atoms with E-state index >= 15 is 0 Å². The molecular weight excluding hydrogens is 224 g/mol. The van der Waals surface area contributed by atoms with Gasteiger partial charge in [0.15, 0.2) is 0 Å². The summed E-state index contributed by atoms with van der Waals surface area (Å²) in [6.45, 7) is 14.3. The number of ether oxygens (including phenoxy) is 1. The molecule has 0 unspecified atom stereocenters. The highest BCUT2D eigenvalue weighted by Gasteiger charge is 2.34. The maximum Gasteiger partial charge on any atom is 0.0472 e. The van der Waals surface area contributed by atoms with Crippen molar-refractivity contribution < 1.29 is 4.74 Å². The van der Waals surface area contributed by atoms with E-state index in [1.807, 2.05) is 0 Å². The van der Waals surface area contributed by atoms with Gasteiger partial charge >= 0.3 is 0 Å². The molecule has 0 aromatic carbocycles. The second kappa shape index (κ2) is 6.88. The Morgan fingerprint density at radius 1 is 1.22 bits per heavy atom. The second-order valence-corrected chi connectivity index (χ2v) is 6.95. The third-order valence-corrected chi connectivity index (χ3v) is 3.76. The average molecular weight is 256 g/mol. The highest BCUT2D eigenvalue weighted by molar-refractivity contribution is 4.88. The summed E-state index contributed by atoms with van der Waals surface area (Å²) in [7, 11) is 2.25. The lowest BCUT2D eigenvalue weighted by molar-refractivity contribution is -0.00329. The minimum atomic E-state index is 0.203. The topological polar surface area (TPSA) is 24.5 Å². The fourth-order valence-electron chi connectivity index (χ4n) is 2.68. The lowest BCUT2D eigenvalue weighted by Crippen LogP contribution is -2.50. The minimum absolute atomic E-state index is 0.203. The summed E-state index contributed by atoms with van der Waals surface area (Å²) in [5.41, 5.74) is 0.601. The summed E-state index contributed by atoms with van der Waals surface area (Å²) in [4.78, 5) is 2.48. The molecule has 1 N–H and O–H groups in total.